The van der Waals surface area contributed by atoms with E-state index < -0.39 is 0 Å². The highest BCUT2D eigenvalue weighted by Gasteiger charge is 2.31. The van der Waals surface area contributed by atoms with Gasteiger partial charge in [-0.25, -0.2) is 4.98 Å². The molecule has 0 unspecified atom stereocenters. The maximum absolute atomic E-state index is 12.3. The van der Waals surface area contributed by atoms with Gasteiger partial charge >= 0.3 is 0 Å². The number of H-pyrrole nitrogens is 1. The summed E-state index contributed by atoms with van der Waals surface area (Å²) in [5.74, 6) is 0.238. The molecule has 1 N–H and O–H groups in total. The first-order valence-electron chi connectivity index (χ1n) is 7.61. The molecular formula is C17H18N4O. The number of aryl methyl sites for hydroxylation is 1. The first-order valence-corrected chi connectivity index (χ1v) is 7.61. The summed E-state index contributed by atoms with van der Waals surface area (Å²) in [6.07, 6.45) is 8.92. The minimum Gasteiger partial charge on any atom is -0.361 e. The molecule has 0 bridgehead atoms. The van der Waals surface area contributed by atoms with Crippen LogP contribution in [0.3, 0.4) is 0 Å². The Morgan fingerprint density at radius 3 is 3.00 bits per heavy atom. The number of para-hydroxylation sites is 1. The minimum atomic E-state index is 0.238. The second-order valence-corrected chi connectivity index (χ2v) is 5.82. The van der Waals surface area contributed by atoms with E-state index in [0.29, 0.717) is 12.5 Å². The van der Waals surface area contributed by atoms with Gasteiger partial charge in [0.25, 0.3) is 0 Å². The van der Waals surface area contributed by atoms with Crippen LogP contribution in [0.5, 0.6) is 0 Å². The number of amides is 1. The van der Waals surface area contributed by atoms with Gasteiger partial charge in [0.05, 0.1) is 12.4 Å². The topological polar surface area (TPSA) is 53.9 Å². The van der Waals surface area contributed by atoms with Crippen molar-refractivity contribution in [3.8, 4) is 0 Å². The minimum absolute atomic E-state index is 0.238. The first-order chi connectivity index (χ1) is 10.8. The summed E-state index contributed by atoms with van der Waals surface area (Å²) < 4.78 is 2.07. The number of carbonyl (C=O) groups is 1. The van der Waals surface area contributed by atoms with Crippen molar-refractivity contribution in [2.45, 2.75) is 18.9 Å². The smallest absolute Gasteiger partial charge is 0.223 e. The number of nitrogens with zero attached hydrogens (tertiary/aromatic N) is 3. The van der Waals surface area contributed by atoms with Gasteiger partial charge in [-0.2, -0.15) is 0 Å². The number of benzene rings is 1. The van der Waals surface area contributed by atoms with E-state index in [1.807, 2.05) is 35.8 Å². The van der Waals surface area contributed by atoms with Crippen molar-refractivity contribution in [3.63, 3.8) is 0 Å². The molecule has 0 aliphatic carbocycles. The average molecular weight is 294 g/mol. The maximum Gasteiger partial charge on any atom is 0.223 e. The molecule has 0 atom stereocenters. The lowest BCUT2D eigenvalue weighted by molar-refractivity contribution is -0.136. The monoisotopic (exact) mass is 294 g/mol. The van der Waals surface area contributed by atoms with Crippen molar-refractivity contribution in [2.24, 2.45) is 0 Å². The fourth-order valence-electron chi connectivity index (χ4n) is 3.07. The van der Waals surface area contributed by atoms with Crippen LogP contribution >= 0.6 is 0 Å². The normalized spacial score (nSPS) is 15.2. The molecule has 1 aliphatic heterocycles. The van der Waals surface area contributed by atoms with Gasteiger partial charge in [0, 0.05) is 49.0 Å². The van der Waals surface area contributed by atoms with Gasteiger partial charge in [0.2, 0.25) is 5.91 Å². The number of nitrogens with one attached hydrogen (secondary N) is 1. The highest BCUT2D eigenvalue weighted by molar-refractivity contribution is 5.84. The summed E-state index contributed by atoms with van der Waals surface area (Å²) >= 11 is 0. The summed E-state index contributed by atoms with van der Waals surface area (Å²) in [4.78, 5) is 21.5. The van der Waals surface area contributed by atoms with Crippen LogP contribution in [0.1, 0.15) is 18.0 Å². The number of imidazole rings is 1. The Labute approximate surface area is 128 Å². The Balaban J connectivity index is 1.34. The number of carbonyl (C=O) groups excluding carboxylic acids is 1. The van der Waals surface area contributed by atoms with Crippen molar-refractivity contribution < 1.29 is 4.79 Å². The number of aromatic amines is 1. The standard InChI is InChI=1S/C17H18N4O/c22-17(21-10-14(11-21)20-8-7-18-12-20)6-5-13-9-19-16-4-2-1-3-15(13)16/h1-4,7-9,12,14,19H,5-6,10-11H2. The molecule has 1 aromatic carbocycles. The third kappa shape index (κ3) is 2.28. The van der Waals surface area contributed by atoms with Crippen LogP contribution in [0.4, 0.5) is 0 Å². The van der Waals surface area contributed by atoms with Gasteiger partial charge in [-0.05, 0) is 18.1 Å². The molecule has 4 rings (SSSR count). The molecule has 1 aliphatic rings. The van der Waals surface area contributed by atoms with E-state index in [9.17, 15) is 4.79 Å². The molecule has 1 fully saturated rings. The number of hydrogen-bond acceptors (Lipinski definition) is 2. The number of fused-ring (bicyclic) bond motifs is 1. The van der Waals surface area contributed by atoms with E-state index in [-0.39, 0.29) is 5.91 Å². The molecule has 5 heteroatoms. The van der Waals surface area contributed by atoms with Gasteiger partial charge in [0.15, 0.2) is 0 Å². The van der Waals surface area contributed by atoms with E-state index in [1.165, 1.54) is 10.9 Å². The lowest BCUT2D eigenvalue weighted by atomic mass is 10.0. The molecule has 22 heavy (non-hydrogen) atoms. The highest BCUT2D eigenvalue weighted by Crippen LogP contribution is 2.23. The van der Waals surface area contributed by atoms with E-state index in [2.05, 4.69) is 26.7 Å². The Morgan fingerprint density at radius 2 is 2.18 bits per heavy atom. The van der Waals surface area contributed by atoms with Gasteiger partial charge < -0.3 is 14.5 Å². The van der Waals surface area contributed by atoms with Crippen molar-refractivity contribution in [2.75, 3.05) is 13.1 Å². The van der Waals surface area contributed by atoms with Crippen LogP contribution in [-0.4, -0.2) is 38.4 Å². The molecule has 5 nitrogen and oxygen atoms in total. The van der Waals surface area contributed by atoms with Crippen molar-refractivity contribution in [1.29, 1.82) is 0 Å². The molecule has 0 spiro atoms. The maximum atomic E-state index is 12.3. The molecule has 3 heterocycles. The summed E-state index contributed by atoms with van der Waals surface area (Å²) in [7, 11) is 0. The first kappa shape index (κ1) is 13.1. The van der Waals surface area contributed by atoms with E-state index >= 15 is 0 Å². The fraction of sp³-hybridized carbons (Fsp3) is 0.294. The summed E-state index contributed by atoms with van der Waals surface area (Å²) in [6, 6.07) is 8.60. The quantitative estimate of drug-likeness (QED) is 0.803. The number of hydrogen-bond donors (Lipinski definition) is 1. The van der Waals surface area contributed by atoms with Crippen LogP contribution in [0, 0.1) is 0 Å². The highest BCUT2D eigenvalue weighted by atomic mass is 16.2. The van der Waals surface area contributed by atoms with Crippen LogP contribution < -0.4 is 0 Å². The van der Waals surface area contributed by atoms with Crippen LogP contribution in [0.2, 0.25) is 0 Å². The molecule has 2 aromatic heterocycles. The largest absolute Gasteiger partial charge is 0.361 e. The predicted octanol–water partition coefficient (Wildman–Crippen LogP) is 2.38. The molecular weight excluding hydrogens is 276 g/mol. The summed E-state index contributed by atoms with van der Waals surface area (Å²) in [5.41, 5.74) is 2.35. The van der Waals surface area contributed by atoms with Crippen LogP contribution in [0.15, 0.2) is 49.2 Å². The van der Waals surface area contributed by atoms with Crippen LogP contribution in [-0.2, 0) is 11.2 Å². The predicted molar refractivity (Wildman–Crippen MR) is 84.5 cm³/mol. The Morgan fingerprint density at radius 1 is 1.32 bits per heavy atom. The van der Waals surface area contributed by atoms with E-state index in [1.54, 1.807) is 6.20 Å². The Kier molecular flexibility index (Phi) is 3.18. The molecule has 0 saturated carbocycles. The van der Waals surface area contributed by atoms with E-state index in [0.717, 1.165) is 25.0 Å². The second kappa shape index (κ2) is 5.33. The zero-order valence-electron chi connectivity index (χ0n) is 12.3. The van der Waals surface area contributed by atoms with E-state index in [4.69, 9.17) is 0 Å². The fourth-order valence-corrected chi connectivity index (χ4v) is 3.07. The van der Waals surface area contributed by atoms with Crippen molar-refractivity contribution in [1.82, 2.24) is 19.4 Å². The third-order valence-electron chi connectivity index (χ3n) is 4.44. The van der Waals surface area contributed by atoms with Crippen molar-refractivity contribution >= 4 is 16.8 Å². The Hall–Kier alpha value is -2.56. The zero-order valence-corrected chi connectivity index (χ0v) is 12.3. The van der Waals surface area contributed by atoms with Gasteiger partial charge in [-0.1, -0.05) is 18.2 Å². The van der Waals surface area contributed by atoms with Gasteiger partial charge in [-0.3, -0.25) is 4.79 Å². The molecule has 1 amide bonds. The van der Waals surface area contributed by atoms with Gasteiger partial charge in [-0.15, -0.1) is 0 Å². The van der Waals surface area contributed by atoms with Gasteiger partial charge in [0.1, 0.15) is 0 Å². The molecule has 0 radical (unpaired) electrons. The molecule has 112 valence electrons. The van der Waals surface area contributed by atoms with Crippen LogP contribution in [0.25, 0.3) is 10.9 Å². The zero-order chi connectivity index (χ0) is 14.9. The SMILES string of the molecule is O=C(CCc1c[nH]c2ccccc12)N1CC(n2ccnc2)C1. The summed E-state index contributed by atoms with van der Waals surface area (Å²) in [6.45, 7) is 1.59. The lowest BCUT2D eigenvalue weighted by Gasteiger charge is -2.39. The number of likely N-dealkylation sites (tertiary alicyclic amines) is 1. The third-order valence-corrected chi connectivity index (χ3v) is 4.44. The molecule has 1 saturated heterocycles. The lowest BCUT2D eigenvalue weighted by Crippen LogP contribution is -2.50. The Bertz CT molecular complexity index is 784. The summed E-state index contributed by atoms with van der Waals surface area (Å²) in [5, 5.41) is 1.22. The second-order valence-electron chi connectivity index (χ2n) is 5.82. The number of rotatable bonds is 4. The van der Waals surface area contributed by atoms with Crippen molar-refractivity contribution in [3.05, 3.63) is 54.7 Å². The molecule has 3 aromatic rings. The number of aromatic nitrogens is 3. The average Bonchev–Trinajstić information content (AvgIpc) is 3.13.